The number of carbonyl (C=O) groups excluding carboxylic acids is 1. The molecule has 1 atom stereocenters. The van der Waals surface area contributed by atoms with E-state index in [0.717, 1.165) is 0 Å². The molecule has 1 N–H and O–H groups in total. The summed E-state index contributed by atoms with van der Waals surface area (Å²) < 4.78 is 0. The number of aliphatic hydroxyl groups is 1. The van der Waals surface area contributed by atoms with Gasteiger partial charge in [-0.2, -0.15) is 0 Å². The van der Waals surface area contributed by atoms with E-state index in [-0.39, 0.29) is 5.91 Å². The van der Waals surface area contributed by atoms with Gasteiger partial charge in [0.15, 0.2) is 0 Å². The summed E-state index contributed by atoms with van der Waals surface area (Å²) in [6, 6.07) is 5.25. The highest BCUT2D eigenvalue weighted by Crippen LogP contribution is 2.21. The number of carbonyl (C=O) groups is 1. The quantitative estimate of drug-likeness (QED) is 0.735. The Hall–Kier alpha value is -1.42. The van der Waals surface area contributed by atoms with Crippen LogP contribution in [0.25, 0.3) is 0 Å². The van der Waals surface area contributed by atoms with Crippen molar-refractivity contribution in [1.29, 1.82) is 0 Å². The molecule has 1 unspecified atom stereocenters. The fraction of sp³-hybridized carbons (Fsp3) is 0.455. The molecule has 0 aromatic carbocycles. The van der Waals surface area contributed by atoms with Crippen LogP contribution in [0.15, 0.2) is 24.4 Å². The average molecular weight is 206 g/mol. The molecule has 1 saturated heterocycles. The highest BCUT2D eigenvalue weighted by molar-refractivity contribution is 5.92. The Kier molecular flexibility index (Phi) is 2.44. The molecule has 1 aliphatic rings. The maximum atomic E-state index is 11.9. The molecule has 1 fully saturated rings. The number of hydrogen-bond acceptors (Lipinski definition) is 3. The predicted molar refractivity (Wildman–Crippen MR) is 55.4 cm³/mol. The van der Waals surface area contributed by atoms with E-state index in [1.54, 1.807) is 36.2 Å². The lowest BCUT2D eigenvalue weighted by molar-refractivity contribution is 0.0569. The molecule has 0 bridgehead atoms. The first-order valence-corrected chi connectivity index (χ1v) is 5.01. The highest BCUT2D eigenvalue weighted by Gasteiger charge is 2.34. The van der Waals surface area contributed by atoms with Gasteiger partial charge in [0.2, 0.25) is 0 Å². The SMILES string of the molecule is CC1(O)CCN(C(=O)c2ccccn2)C1. The van der Waals surface area contributed by atoms with E-state index in [2.05, 4.69) is 4.98 Å². The van der Waals surface area contributed by atoms with E-state index in [1.807, 2.05) is 0 Å². The van der Waals surface area contributed by atoms with Crippen molar-refractivity contribution in [3.05, 3.63) is 30.1 Å². The zero-order chi connectivity index (χ0) is 10.9. The first-order chi connectivity index (χ1) is 7.08. The first kappa shape index (κ1) is 10.1. The molecule has 1 aromatic rings. The van der Waals surface area contributed by atoms with Crippen molar-refractivity contribution < 1.29 is 9.90 Å². The fourth-order valence-corrected chi connectivity index (χ4v) is 1.77. The number of rotatable bonds is 1. The summed E-state index contributed by atoms with van der Waals surface area (Å²) in [6.07, 6.45) is 2.23. The molecule has 2 heterocycles. The van der Waals surface area contributed by atoms with Crippen molar-refractivity contribution in [2.75, 3.05) is 13.1 Å². The van der Waals surface area contributed by atoms with Crippen LogP contribution in [0, 0.1) is 0 Å². The molecule has 1 aliphatic heterocycles. The van der Waals surface area contributed by atoms with Gasteiger partial charge in [-0.3, -0.25) is 9.78 Å². The Morgan fingerprint density at radius 3 is 2.93 bits per heavy atom. The molecule has 0 saturated carbocycles. The van der Waals surface area contributed by atoms with Crippen LogP contribution >= 0.6 is 0 Å². The zero-order valence-corrected chi connectivity index (χ0v) is 8.68. The first-order valence-electron chi connectivity index (χ1n) is 5.01. The largest absolute Gasteiger partial charge is 0.388 e. The lowest BCUT2D eigenvalue weighted by Gasteiger charge is -2.18. The van der Waals surface area contributed by atoms with Gasteiger partial charge in [-0.15, -0.1) is 0 Å². The van der Waals surface area contributed by atoms with Gasteiger partial charge in [0.05, 0.1) is 5.60 Å². The van der Waals surface area contributed by atoms with E-state index in [4.69, 9.17) is 0 Å². The van der Waals surface area contributed by atoms with Crippen molar-refractivity contribution in [3.63, 3.8) is 0 Å². The van der Waals surface area contributed by atoms with E-state index >= 15 is 0 Å². The van der Waals surface area contributed by atoms with Crippen LogP contribution in [0.5, 0.6) is 0 Å². The van der Waals surface area contributed by atoms with Crippen LogP contribution in [-0.2, 0) is 0 Å². The number of nitrogens with zero attached hydrogens (tertiary/aromatic N) is 2. The lowest BCUT2D eigenvalue weighted by Crippen LogP contribution is -2.34. The van der Waals surface area contributed by atoms with Crippen molar-refractivity contribution in [3.8, 4) is 0 Å². The highest BCUT2D eigenvalue weighted by atomic mass is 16.3. The molecular weight excluding hydrogens is 192 g/mol. The third-order valence-corrected chi connectivity index (χ3v) is 2.62. The Bertz CT molecular complexity index is 362. The number of hydrogen-bond donors (Lipinski definition) is 1. The van der Waals surface area contributed by atoms with Gasteiger partial charge in [-0.05, 0) is 25.5 Å². The van der Waals surface area contributed by atoms with E-state index in [9.17, 15) is 9.90 Å². The van der Waals surface area contributed by atoms with Crippen molar-refractivity contribution in [2.24, 2.45) is 0 Å². The summed E-state index contributed by atoms with van der Waals surface area (Å²) in [5.41, 5.74) is -0.306. The van der Waals surface area contributed by atoms with Gasteiger partial charge in [-0.1, -0.05) is 6.07 Å². The third kappa shape index (κ3) is 2.15. The second-order valence-corrected chi connectivity index (χ2v) is 4.19. The van der Waals surface area contributed by atoms with Gasteiger partial charge < -0.3 is 10.0 Å². The van der Waals surface area contributed by atoms with E-state index in [0.29, 0.717) is 25.2 Å². The smallest absolute Gasteiger partial charge is 0.272 e. The van der Waals surface area contributed by atoms with E-state index < -0.39 is 5.60 Å². The van der Waals surface area contributed by atoms with Gasteiger partial charge >= 0.3 is 0 Å². The molecule has 1 amide bonds. The monoisotopic (exact) mass is 206 g/mol. The van der Waals surface area contributed by atoms with Crippen molar-refractivity contribution in [2.45, 2.75) is 18.9 Å². The summed E-state index contributed by atoms with van der Waals surface area (Å²) in [5.74, 6) is -0.103. The van der Waals surface area contributed by atoms with Crippen LogP contribution in [-0.4, -0.2) is 39.6 Å². The molecule has 4 nitrogen and oxygen atoms in total. The van der Waals surface area contributed by atoms with Crippen LogP contribution in [0.1, 0.15) is 23.8 Å². The molecule has 0 spiro atoms. The Labute approximate surface area is 88.6 Å². The van der Waals surface area contributed by atoms with Crippen LogP contribution in [0.2, 0.25) is 0 Å². The second-order valence-electron chi connectivity index (χ2n) is 4.19. The molecule has 0 aliphatic carbocycles. The summed E-state index contributed by atoms with van der Waals surface area (Å²) in [7, 11) is 0. The predicted octanol–water partition coefficient (Wildman–Crippen LogP) is 0.679. The topological polar surface area (TPSA) is 53.4 Å². The number of pyridine rings is 1. The van der Waals surface area contributed by atoms with Gasteiger partial charge in [0.1, 0.15) is 5.69 Å². The normalized spacial score (nSPS) is 25.6. The Morgan fingerprint density at radius 2 is 2.40 bits per heavy atom. The van der Waals surface area contributed by atoms with Crippen molar-refractivity contribution >= 4 is 5.91 Å². The molecule has 4 heteroatoms. The molecular formula is C11H14N2O2. The summed E-state index contributed by atoms with van der Waals surface area (Å²) in [4.78, 5) is 17.5. The molecule has 80 valence electrons. The lowest BCUT2D eigenvalue weighted by atomic mass is 10.1. The number of amides is 1. The van der Waals surface area contributed by atoms with Gasteiger partial charge in [0.25, 0.3) is 5.91 Å². The molecule has 2 rings (SSSR count). The fourth-order valence-electron chi connectivity index (χ4n) is 1.77. The standard InChI is InChI=1S/C11H14N2O2/c1-11(15)5-7-13(8-11)10(14)9-4-2-3-6-12-9/h2-4,6,15H,5,7-8H2,1H3. The minimum absolute atomic E-state index is 0.103. The summed E-state index contributed by atoms with van der Waals surface area (Å²) in [6.45, 7) is 2.74. The zero-order valence-electron chi connectivity index (χ0n) is 8.68. The van der Waals surface area contributed by atoms with Crippen LogP contribution in [0.3, 0.4) is 0 Å². The maximum absolute atomic E-state index is 11.9. The second kappa shape index (κ2) is 3.62. The van der Waals surface area contributed by atoms with Crippen LogP contribution in [0.4, 0.5) is 0 Å². The molecule has 0 radical (unpaired) electrons. The molecule has 1 aromatic heterocycles. The average Bonchev–Trinajstić information content (AvgIpc) is 2.59. The summed E-state index contributed by atoms with van der Waals surface area (Å²) in [5, 5.41) is 9.75. The van der Waals surface area contributed by atoms with Gasteiger partial charge in [0, 0.05) is 19.3 Å². The minimum atomic E-state index is -0.746. The summed E-state index contributed by atoms with van der Waals surface area (Å²) >= 11 is 0. The van der Waals surface area contributed by atoms with Crippen molar-refractivity contribution in [1.82, 2.24) is 9.88 Å². The molecule has 15 heavy (non-hydrogen) atoms. The third-order valence-electron chi connectivity index (χ3n) is 2.62. The van der Waals surface area contributed by atoms with Gasteiger partial charge in [-0.25, -0.2) is 0 Å². The Balaban J connectivity index is 2.11. The number of likely N-dealkylation sites (tertiary alicyclic amines) is 1. The minimum Gasteiger partial charge on any atom is -0.388 e. The number of β-amino-alcohol motifs (C(OH)–C–C–N with tert-alkyl or cyclic N) is 1. The Morgan fingerprint density at radius 1 is 1.60 bits per heavy atom. The number of aromatic nitrogens is 1. The van der Waals surface area contributed by atoms with E-state index in [1.165, 1.54) is 0 Å². The maximum Gasteiger partial charge on any atom is 0.272 e. The van der Waals surface area contributed by atoms with Crippen LogP contribution < -0.4 is 0 Å².